The molecule has 0 radical (unpaired) electrons. The molecule has 11 nitrogen and oxygen atoms in total. The number of nitrogens with one attached hydrogen (secondary N) is 3. The van der Waals surface area contributed by atoms with Gasteiger partial charge in [-0.05, 0) is 55.8 Å². The van der Waals surface area contributed by atoms with Crippen LogP contribution in [0.2, 0.25) is 0 Å². The molecule has 1 atom stereocenters. The molecular weight excluding hydrogens is 508 g/mol. The molecule has 1 saturated heterocycles. The molecule has 1 fully saturated rings. The first-order valence-electron chi connectivity index (χ1n) is 14.0. The van der Waals surface area contributed by atoms with E-state index < -0.39 is 6.04 Å². The van der Waals surface area contributed by atoms with E-state index in [0.717, 1.165) is 39.8 Å². The van der Waals surface area contributed by atoms with Gasteiger partial charge in [-0.3, -0.25) is 9.89 Å². The molecule has 6 rings (SSSR count). The average Bonchev–Trinajstić information content (AvgIpc) is 3.39. The van der Waals surface area contributed by atoms with Crippen molar-refractivity contribution >= 4 is 34.6 Å². The number of nitrogens with zero attached hydrogens (tertiary/aromatic N) is 5. The molecule has 1 unspecified atom stereocenters. The van der Waals surface area contributed by atoms with Crippen molar-refractivity contribution < 1.29 is 14.4 Å². The molecule has 3 aliphatic heterocycles. The zero-order chi connectivity index (χ0) is 27.8. The zero-order valence-electron chi connectivity index (χ0n) is 23.0. The molecule has 1 aromatic heterocycles. The number of hydrogen-bond acceptors (Lipinski definition) is 5. The van der Waals surface area contributed by atoms with E-state index in [-0.39, 0.29) is 24.0 Å². The van der Waals surface area contributed by atoms with Crippen molar-refractivity contribution in [3.63, 3.8) is 0 Å². The number of anilines is 1. The lowest BCUT2D eigenvalue weighted by Crippen LogP contribution is -2.56. The Hall–Kier alpha value is -4.12. The fourth-order valence-corrected chi connectivity index (χ4v) is 6.06. The van der Waals surface area contributed by atoms with Gasteiger partial charge in [-0.25, -0.2) is 9.59 Å². The number of amides is 5. The van der Waals surface area contributed by atoms with Gasteiger partial charge < -0.3 is 30.2 Å². The Morgan fingerprint density at radius 1 is 1.07 bits per heavy atom. The molecule has 11 heteroatoms. The summed E-state index contributed by atoms with van der Waals surface area (Å²) in [6.45, 7) is 3.40. The van der Waals surface area contributed by atoms with Crippen LogP contribution >= 0.6 is 0 Å². The Labute approximate surface area is 233 Å². The second-order valence-electron chi connectivity index (χ2n) is 11.2. The SMILES string of the molecule is CN(C)CCN1Cc2c(ccc3[nH]ncc23)CC(NC(=O)N2CCC(N3Cc4ccccc4NC3=O)CC2)C1=O. The fourth-order valence-electron chi connectivity index (χ4n) is 6.06. The lowest BCUT2D eigenvalue weighted by Gasteiger charge is -2.40. The standard InChI is InChI=1S/C29H36N8O3/c1-34(2)13-14-36-18-23-19(7-8-25-22(23)16-30-33-25)15-26(27(36)38)32-28(39)35-11-9-21(10-12-35)37-17-20-5-3-4-6-24(20)31-29(37)40/h3-8,16,21,26H,9-15,17-18H2,1-2H3,(H,30,33)(H,31,40)(H,32,39). The second-order valence-corrected chi connectivity index (χ2v) is 11.2. The number of aromatic amines is 1. The van der Waals surface area contributed by atoms with E-state index in [9.17, 15) is 14.4 Å². The third-order valence-electron chi connectivity index (χ3n) is 8.38. The van der Waals surface area contributed by atoms with E-state index in [1.807, 2.05) is 66.5 Å². The normalized spacial score (nSPS) is 19.9. The number of hydrogen-bond donors (Lipinski definition) is 3. The van der Waals surface area contributed by atoms with Crippen LogP contribution in [0.5, 0.6) is 0 Å². The average molecular weight is 545 g/mol. The van der Waals surface area contributed by atoms with Gasteiger partial charge in [0.05, 0.1) is 11.7 Å². The maximum Gasteiger partial charge on any atom is 0.322 e. The van der Waals surface area contributed by atoms with Crippen LogP contribution in [0, 0.1) is 0 Å². The van der Waals surface area contributed by atoms with Crippen LogP contribution in [0.1, 0.15) is 29.5 Å². The lowest BCUT2D eigenvalue weighted by atomic mass is 9.98. The van der Waals surface area contributed by atoms with Gasteiger partial charge in [0.15, 0.2) is 0 Å². The van der Waals surface area contributed by atoms with Crippen LogP contribution < -0.4 is 10.6 Å². The molecule has 0 saturated carbocycles. The minimum Gasteiger partial charge on any atom is -0.335 e. The molecule has 0 aliphatic carbocycles. The van der Waals surface area contributed by atoms with E-state index in [0.29, 0.717) is 52.0 Å². The van der Waals surface area contributed by atoms with Gasteiger partial charge >= 0.3 is 12.1 Å². The van der Waals surface area contributed by atoms with Crippen molar-refractivity contribution in [1.82, 2.24) is 35.1 Å². The molecule has 2 aromatic carbocycles. The summed E-state index contributed by atoms with van der Waals surface area (Å²) in [4.78, 5) is 47.4. The van der Waals surface area contributed by atoms with Gasteiger partial charge in [-0.15, -0.1) is 0 Å². The highest BCUT2D eigenvalue weighted by molar-refractivity contribution is 5.93. The maximum absolute atomic E-state index is 13.7. The first kappa shape index (κ1) is 26.1. The Morgan fingerprint density at radius 3 is 2.67 bits per heavy atom. The van der Waals surface area contributed by atoms with Crippen LogP contribution in [0.3, 0.4) is 0 Å². The van der Waals surface area contributed by atoms with Gasteiger partial charge in [0.1, 0.15) is 6.04 Å². The summed E-state index contributed by atoms with van der Waals surface area (Å²) in [6, 6.07) is 11.0. The molecule has 3 aliphatic rings. The van der Waals surface area contributed by atoms with E-state index in [1.165, 1.54) is 0 Å². The Bertz CT molecular complexity index is 1430. The summed E-state index contributed by atoms with van der Waals surface area (Å²) in [5.74, 6) is -0.0680. The number of likely N-dealkylation sites (tertiary alicyclic amines) is 1. The topological polar surface area (TPSA) is 117 Å². The summed E-state index contributed by atoms with van der Waals surface area (Å²) >= 11 is 0. The van der Waals surface area contributed by atoms with Gasteiger partial charge in [0.2, 0.25) is 5.91 Å². The molecule has 4 heterocycles. The highest BCUT2D eigenvalue weighted by atomic mass is 16.2. The monoisotopic (exact) mass is 544 g/mol. The fraction of sp³-hybridized carbons (Fsp3) is 0.448. The molecule has 0 spiro atoms. The molecule has 3 aromatic rings. The predicted molar refractivity (Wildman–Crippen MR) is 152 cm³/mol. The number of urea groups is 2. The molecule has 0 bridgehead atoms. The number of rotatable bonds is 5. The van der Waals surface area contributed by atoms with Gasteiger partial charge in [-0.1, -0.05) is 24.3 Å². The zero-order valence-corrected chi connectivity index (χ0v) is 23.0. The third-order valence-corrected chi connectivity index (χ3v) is 8.38. The van der Waals surface area contributed by atoms with E-state index in [1.54, 1.807) is 4.90 Å². The van der Waals surface area contributed by atoms with Crippen molar-refractivity contribution in [2.24, 2.45) is 0 Å². The Balaban J connectivity index is 1.13. The van der Waals surface area contributed by atoms with E-state index in [2.05, 4.69) is 25.7 Å². The minimum atomic E-state index is -0.651. The third kappa shape index (κ3) is 5.08. The summed E-state index contributed by atoms with van der Waals surface area (Å²) in [5.41, 5.74) is 5.03. The molecule has 5 amide bonds. The van der Waals surface area contributed by atoms with Crippen LogP contribution in [-0.2, 0) is 24.3 Å². The van der Waals surface area contributed by atoms with Crippen molar-refractivity contribution in [3.8, 4) is 0 Å². The molecule has 40 heavy (non-hydrogen) atoms. The van der Waals surface area contributed by atoms with Crippen LogP contribution in [-0.4, -0.2) is 100 Å². The quantitative estimate of drug-likeness (QED) is 0.457. The van der Waals surface area contributed by atoms with Crippen molar-refractivity contribution in [2.45, 2.75) is 44.4 Å². The second kappa shape index (κ2) is 10.8. The summed E-state index contributed by atoms with van der Waals surface area (Å²) < 4.78 is 0. The first-order valence-corrected chi connectivity index (χ1v) is 14.0. The van der Waals surface area contributed by atoms with E-state index >= 15 is 0 Å². The first-order chi connectivity index (χ1) is 19.4. The Kier molecular flexibility index (Phi) is 7.05. The van der Waals surface area contributed by atoms with Crippen LogP contribution in [0.4, 0.5) is 15.3 Å². The number of carbonyl (C=O) groups is 3. The van der Waals surface area contributed by atoms with Gasteiger partial charge in [0, 0.05) is 62.8 Å². The highest BCUT2D eigenvalue weighted by Gasteiger charge is 2.35. The van der Waals surface area contributed by atoms with Gasteiger partial charge in [0.25, 0.3) is 0 Å². The highest BCUT2D eigenvalue weighted by Crippen LogP contribution is 2.29. The number of piperidine rings is 1. The molecule has 210 valence electrons. The summed E-state index contributed by atoms with van der Waals surface area (Å²) in [5, 5.41) is 14.3. The van der Waals surface area contributed by atoms with Gasteiger partial charge in [-0.2, -0.15) is 5.10 Å². The smallest absolute Gasteiger partial charge is 0.322 e. The lowest BCUT2D eigenvalue weighted by molar-refractivity contribution is -0.133. The number of fused-ring (bicyclic) bond motifs is 4. The summed E-state index contributed by atoms with van der Waals surface area (Å²) in [6.07, 6.45) is 3.63. The number of carbonyl (C=O) groups excluding carboxylic acids is 3. The number of aromatic nitrogens is 2. The van der Waals surface area contributed by atoms with Crippen molar-refractivity contribution in [3.05, 3.63) is 59.3 Å². The molecule has 3 N–H and O–H groups in total. The summed E-state index contributed by atoms with van der Waals surface area (Å²) in [7, 11) is 3.97. The van der Waals surface area contributed by atoms with Crippen molar-refractivity contribution in [2.75, 3.05) is 45.6 Å². The number of benzene rings is 2. The van der Waals surface area contributed by atoms with Crippen molar-refractivity contribution in [1.29, 1.82) is 0 Å². The number of para-hydroxylation sites is 1. The molecular formula is C29H36N8O3. The largest absolute Gasteiger partial charge is 0.335 e. The van der Waals surface area contributed by atoms with E-state index in [4.69, 9.17) is 0 Å². The number of H-pyrrole nitrogens is 1. The number of likely N-dealkylation sites (N-methyl/N-ethyl adjacent to an activating group) is 1. The maximum atomic E-state index is 13.7. The Morgan fingerprint density at radius 2 is 1.88 bits per heavy atom. The predicted octanol–water partition coefficient (Wildman–Crippen LogP) is 2.60. The van der Waals surface area contributed by atoms with Crippen LogP contribution in [0.15, 0.2) is 42.6 Å². The van der Waals surface area contributed by atoms with Crippen LogP contribution in [0.25, 0.3) is 10.9 Å². The minimum absolute atomic E-state index is 0.0580.